The van der Waals surface area contributed by atoms with Crippen LogP contribution < -0.4 is 0 Å². The van der Waals surface area contributed by atoms with E-state index in [1.807, 2.05) is 33.8 Å². The Hall–Kier alpha value is -1.10. The number of allylic oxidation sites excluding steroid dienone is 3. The SMILES string of the molecule is CCCCS(=O)(=O)C1(C(=O)OCCC(C)C)C=CC=C(C)C1. The van der Waals surface area contributed by atoms with Gasteiger partial charge >= 0.3 is 5.97 Å². The lowest BCUT2D eigenvalue weighted by Gasteiger charge is -2.30. The Morgan fingerprint density at radius 1 is 1.41 bits per heavy atom. The Kier molecular flexibility index (Phi) is 6.85. The van der Waals surface area contributed by atoms with Crippen molar-refractivity contribution in [3.05, 3.63) is 23.8 Å². The molecule has 0 aromatic rings. The monoisotopic (exact) mass is 328 g/mol. The van der Waals surface area contributed by atoms with Crippen molar-refractivity contribution in [2.45, 2.75) is 58.1 Å². The van der Waals surface area contributed by atoms with Gasteiger partial charge in [-0.1, -0.05) is 51.0 Å². The summed E-state index contributed by atoms with van der Waals surface area (Å²) in [7, 11) is -3.59. The maximum absolute atomic E-state index is 12.8. The van der Waals surface area contributed by atoms with E-state index in [-0.39, 0.29) is 18.8 Å². The predicted molar refractivity (Wildman–Crippen MR) is 89.4 cm³/mol. The van der Waals surface area contributed by atoms with Crippen LogP contribution in [0.3, 0.4) is 0 Å². The number of carbonyl (C=O) groups excluding carboxylic acids is 1. The topological polar surface area (TPSA) is 60.4 Å². The molecular weight excluding hydrogens is 300 g/mol. The van der Waals surface area contributed by atoms with Crippen LogP contribution in [-0.4, -0.2) is 31.5 Å². The Balaban J connectivity index is 3.01. The van der Waals surface area contributed by atoms with E-state index in [9.17, 15) is 13.2 Å². The van der Waals surface area contributed by atoms with Crippen molar-refractivity contribution in [1.82, 2.24) is 0 Å². The summed E-state index contributed by atoms with van der Waals surface area (Å²) in [5.41, 5.74) is 0.878. The molecule has 0 saturated heterocycles. The van der Waals surface area contributed by atoms with E-state index in [0.29, 0.717) is 12.3 Å². The molecule has 0 radical (unpaired) electrons. The molecule has 5 heteroatoms. The van der Waals surface area contributed by atoms with Gasteiger partial charge in [0.1, 0.15) is 0 Å². The summed E-state index contributed by atoms with van der Waals surface area (Å²) in [5, 5.41) is 0. The molecular formula is C17H28O4S. The number of hydrogen-bond acceptors (Lipinski definition) is 4. The molecule has 1 aliphatic rings. The van der Waals surface area contributed by atoms with Crippen LogP contribution in [-0.2, 0) is 19.4 Å². The minimum atomic E-state index is -3.59. The molecule has 22 heavy (non-hydrogen) atoms. The smallest absolute Gasteiger partial charge is 0.331 e. The average molecular weight is 328 g/mol. The van der Waals surface area contributed by atoms with Gasteiger partial charge in [0.2, 0.25) is 0 Å². The highest BCUT2D eigenvalue weighted by Crippen LogP contribution is 2.33. The van der Waals surface area contributed by atoms with E-state index in [0.717, 1.165) is 18.4 Å². The van der Waals surface area contributed by atoms with Crippen LogP contribution >= 0.6 is 0 Å². The molecule has 126 valence electrons. The molecule has 1 unspecified atom stereocenters. The Bertz CT molecular complexity index is 543. The molecule has 0 N–H and O–H groups in total. The van der Waals surface area contributed by atoms with Crippen LogP contribution in [0.2, 0.25) is 0 Å². The van der Waals surface area contributed by atoms with E-state index in [1.165, 1.54) is 6.08 Å². The van der Waals surface area contributed by atoms with Crippen molar-refractivity contribution < 1.29 is 17.9 Å². The third-order valence-electron chi connectivity index (χ3n) is 3.88. The number of esters is 1. The predicted octanol–water partition coefficient (Wildman–Crippen LogP) is 3.44. The van der Waals surface area contributed by atoms with Gasteiger partial charge in [-0.15, -0.1) is 0 Å². The fourth-order valence-corrected chi connectivity index (χ4v) is 4.49. The molecule has 0 amide bonds. The number of rotatable bonds is 8. The molecule has 0 fully saturated rings. The standard InChI is InChI=1S/C17H28O4S/c1-5-6-12-22(19,20)17(10-7-8-15(4)13-17)16(18)21-11-9-14(2)3/h7-8,10,14H,5-6,9,11-13H2,1-4H3. The number of ether oxygens (including phenoxy) is 1. The first-order valence-electron chi connectivity index (χ1n) is 7.99. The second-order valence-electron chi connectivity index (χ2n) is 6.43. The van der Waals surface area contributed by atoms with Gasteiger partial charge in [-0.25, -0.2) is 13.2 Å². The van der Waals surface area contributed by atoms with Crippen molar-refractivity contribution in [3.63, 3.8) is 0 Å². The maximum Gasteiger partial charge on any atom is 0.331 e. The first-order chi connectivity index (χ1) is 10.2. The fraction of sp³-hybridized carbons (Fsp3) is 0.706. The van der Waals surface area contributed by atoms with Crippen LogP contribution in [0, 0.1) is 5.92 Å². The summed E-state index contributed by atoms with van der Waals surface area (Å²) in [4.78, 5) is 12.6. The molecule has 0 aromatic carbocycles. The molecule has 1 atom stereocenters. The van der Waals surface area contributed by atoms with Gasteiger partial charge in [-0.2, -0.15) is 0 Å². The van der Waals surface area contributed by atoms with Gasteiger partial charge in [0.15, 0.2) is 14.6 Å². The fourth-order valence-electron chi connectivity index (χ4n) is 2.41. The zero-order valence-electron chi connectivity index (χ0n) is 14.1. The van der Waals surface area contributed by atoms with Crippen molar-refractivity contribution in [2.24, 2.45) is 5.92 Å². The van der Waals surface area contributed by atoms with E-state index in [2.05, 4.69) is 0 Å². The van der Waals surface area contributed by atoms with Gasteiger partial charge in [-0.05, 0) is 25.7 Å². The van der Waals surface area contributed by atoms with Gasteiger partial charge in [0.05, 0.1) is 12.4 Å². The van der Waals surface area contributed by atoms with Crippen molar-refractivity contribution in [2.75, 3.05) is 12.4 Å². The number of sulfone groups is 1. The van der Waals surface area contributed by atoms with Crippen LogP contribution in [0.5, 0.6) is 0 Å². The first kappa shape index (κ1) is 18.9. The number of unbranched alkanes of at least 4 members (excludes halogenated alkanes) is 1. The molecule has 1 rings (SSSR count). The van der Waals surface area contributed by atoms with Crippen LogP contribution in [0.15, 0.2) is 23.8 Å². The maximum atomic E-state index is 12.8. The van der Waals surface area contributed by atoms with Crippen LogP contribution in [0.25, 0.3) is 0 Å². The quantitative estimate of drug-likeness (QED) is 0.640. The van der Waals surface area contributed by atoms with Crippen LogP contribution in [0.1, 0.15) is 53.4 Å². The summed E-state index contributed by atoms with van der Waals surface area (Å²) in [6, 6.07) is 0. The molecule has 0 bridgehead atoms. The number of hydrogen-bond donors (Lipinski definition) is 0. The zero-order valence-corrected chi connectivity index (χ0v) is 14.9. The van der Waals surface area contributed by atoms with Gasteiger partial charge in [-0.3, -0.25) is 0 Å². The second-order valence-corrected chi connectivity index (χ2v) is 8.80. The summed E-state index contributed by atoms with van der Waals surface area (Å²) in [6.45, 7) is 8.11. The van der Waals surface area contributed by atoms with Gasteiger partial charge in [0, 0.05) is 6.42 Å². The minimum Gasteiger partial charge on any atom is -0.464 e. The largest absolute Gasteiger partial charge is 0.464 e. The van der Waals surface area contributed by atoms with Crippen molar-refractivity contribution >= 4 is 15.8 Å². The Morgan fingerprint density at radius 2 is 2.09 bits per heavy atom. The molecule has 0 saturated carbocycles. The highest BCUT2D eigenvalue weighted by atomic mass is 32.2. The Labute approximate surface area is 134 Å². The summed E-state index contributed by atoms with van der Waals surface area (Å²) in [5.74, 6) is -0.211. The lowest BCUT2D eigenvalue weighted by molar-refractivity contribution is -0.145. The summed E-state index contributed by atoms with van der Waals surface area (Å²) in [6.07, 6.45) is 7.26. The van der Waals surface area contributed by atoms with Crippen LogP contribution in [0.4, 0.5) is 0 Å². The molecule has 0 aromatic heterocycles. The molecule has 0 aliphatic heterocycles. The Morgan fingerprint density at radius 3 is 2.64 bits per heavy atom. The van der Waals surface area contributed by atoms with E-state index in [4.69, 9.17) is 4.74 Å². The molecule has 0 spiro atoms. The molecule has 1 aliphatic carbocycles. The van der Waals surface area contributed by atoms with E-state index in [1.54, 1.807) is 6.08 Å². The lowest BCUT2D eigenvalue weighted by atomic mass is 9.94. The summed E-state index contributed by atoms with van der Waals surface area (Å²) >= 11 is 0. The average Bonchev–Trinajstić information content (AvgIpc) is 2.44. The van der Waals surface area contributed by atoms with E-state index < -0.39 is 20.6 Å². The highest BCUT2D eigenvalue weighted by molar-refractivity contribution is 7.93. The lowest BCUT2D eigenvalue weighted by Crippen LogP contribution is -2.48. The molecule has 4 nitrogen and oxygen atoms in total. The number of carbonyl (C=O) groups is 1. The normalized spacial score (nSPS) is 21.8. The first-order valence-corrected chi connectivity index (χ1v) is 9.65. The van der Waals surface area contributed by atoms with Gasteiger partial charge in [0.25, 0.3) is 0 Å². The second kappa shape index (κ2) is 7.95. The third kappa shape index (κ3) is 4.45. The zero-order chi connectivity index (χ0) is 16.8. The third-order valence-corrected chi connectivity index (χ3v) is 6.27. The molecule has 0 heterocycles. The van der Waals surface area contributed by atoms with E-state index >= 15 is 0 Å². The van der Waals surface area contributed by atoms with Crippen molar-refractivity contribution in [1.29, 1.82) is 0 Å². The summed E-state index contributed by atoms with van der Waals surface area (Å²) < 4.78 is 29.3. The van der Waals surface area contributed by atoms with Crippen molar-refractivity contribution in [3.8, 4) is 0 Å². The van der Waals surface area contributed by atoms with Gasteiger partial charge < -0.3 is 4.74 Å². The minimum absolute atomic E-state index is 0.0143. The highest BCUT2D eigenvalue weighted by Gasteiger charge is 2.50.